The lowest BCUT2D eigenvalue weighted by Crippen LogP contribution is -2.44. The summed E-state index contributed by atoms with van der Waals surface area (Å²) in [6, 6.07) is 12.2. The van der Waals surface area contributed by atoms with Gasteiger partial charge in [-0.1, -0.05) is 24.3 Å². The van der Waals surface area contributed by atoms with E-state index in [1.54, 1.807) is 25.1 Å². The first kappa shape index (κ1) is 20.9. The molecule has 7 heteroatoms. The number of aliphatic hydroxyl groups is 1. The number of rotatable bonds is 5. The van der Waals surface area contributed by atoms with E-state index in [2.05, 4.69) is 29.2 Å². The van der Waals surface area contributed by atoms with Crippen LogP contribution in [0.3, 0.4) is 0 Å². The largest absolute Gasteiger partial charge is 0.481 e. The second-order valence-electron chi connectivity index (χ2n) is 8.33. The van der Waals surface area contributed by atoms with Gasteiger partial charge in [-0.05, 0) is 37.0 Å². The summed E-state index contributed by atoms with van der Waals surface area (Å²) >= 11 is 1.70. The zero-order valence-electron chi connectivity index (χ0n) is 17.4. The molecule has 158 valence electrons. The Morgan fingerprint density at radius 3 is 2.47 bits per heavy atom. The molecular weight excluding hydrogens is 396 g/mol. The van der Waals surface area contributed by atoms with Gasteiger partial charge in [0, 0.05) is 41.3 Å². The van der Waals surface area contributed by atoms with Crippen LogP contribution in [-0.2, 0) is 5.41 Å². The van der Waals surface area contributed by atoms with Crippen molar-refractivity contribution in [2.24, 2.45) is 0 Å². The molecule has 6 nitrogen and oxygen atoms in total. The predicted octanol–water partition coefficient (Wildman–Crippen LogP) is 3.93. The van der Waals surface area contributed by atoms with E-state index in [4.69, 9.17) is 15.6 Å². The maximum Gasteiger partial charge on any atom is 0.212 e. The fourth-order valence-electron chi connectivity index (χ4n) is 4.07. The normalized spacial score (nSPS) is 23.0. The van der Waals surface area contributed by atoms with Gasteiger partial charge in [-0.2, -0.15) is 11.8 Å². The topological polar surface area (TPSA) is 93.3 Å². The molecular formula is C23H28N4O2S. The molecule has 2 fully saturated rings. The van der Waals surface area contributed by atoms with E-state index < -0.39 is 0 Å². The first-order chi connectivity index (χ1) is 14.4. The Morgan fingerprint density at radius 1 is 1.20 bits per heavy atom. The lowest BCUT2D eigenvalue weighted by Gasteiger charge is -2.30. The van der Waals surface area contributed by atoms with E-state index in [1.165, 1.54) is 0 Å². The summed E-state index contributed by atoms with van der Waals surface area (Å²) in [5.41, 5.74) is 2.94. The van der Waals surface area contributed by atoms with Crippen LogP contribution >= 0.6 is 11.8 Å². The molecule has 0 amide bonds. The van der Waals surface area contributed by atoms with Gasteiger partial charge < -0.3 is 14.7 Å². The number of nitrogens with one attached hydrogen (secondary N) is 2. The standard InChI is InChI=1S/C23H28N4O2S/c1-22(15-28)13-19(24)27(11-12-30-22)21(25)23(9-10-23)18-6-3-16(4-7-18)17-5-8-20(29-2)26-14-17/h3-8,14,24-25,28H,9-13,15H2,1-2H3. The Morgan fingerprint density at radius 2 is 1.90 bits per heavy atom. The molecule has 0 radical (unpaired) electrons. The van der Waals surface area contributed by atoms with Crippen molar-refractivity contribution in [2.75, 3.05) is 26.0 Å². The molecule has 1 aromatic carbocycles. The highest BCUT2D eigenvalue weighted by molar-refractivity contribution is 8.00. The lowest BCUT2D eigenvalue weighted by molar-refractivity contribution is 0.258. The first-order valence-electron chi connectivity index (χ1n) is 10.2. The van der Waals surface area contributed by atoms with E-state index >= 15 is 0 Å². The number of ether oxygens (including phenoxy) is 1. The van der Waals surface area contributed by atoms with Crippen LogP contribution in [0, 0.1) is 10.8 Å². The van der Waals surface area contributed by atoms with Crippen molar-refractivity contribution < 1.29 is 9.84 Å². The van der Waals surface area contributed by atoms with E-state index in [-0.39, 0.29) is 16.8 Å². The van der Waals surface area contributed by atoms with E-state index in [0.29, 0.717) is 30.5 Å². The first-order valence-corrected chi connectivity index (χ1v) is 11.2. The summed E-state index contributed by atoms with van der Waals surface area (Å²) < 4.78 is 4.79. The van der Waals surface area contributed by atoms with Crippen LogP contribution in [0.5, 0.6) is 5.88 Å². The van der Waals surface area contributed by atoms with Gasteiger partial charge in [-0.15, -0.1) is 0 Å². The average molecular weight is 425 g/mol. The number of aromatic nitrogens is 1. The summed E-state index contributed by atoms with van der Waals surface area (Å²) in [6.45, 7) is 2.70. The summed E-state index contributed by atoms with van der Waals surface area (Å²) in [5, 5.41) is 27.2. The van der Waals surface area contributed by atoms with Crippen molar-refractivity contribution in [3.63, 3.8) is 0 Å². The van der Waals surface area contributed by atoms with Crippen molar-refractivity contribution in [1.82, 2.24) is 9.88 Å². The van der Waals surface area contributed by atoms with Crippen LogP contribution in [0.15, 0.2) is 42.6 Å². The molecule has 0 spiro atoms. The minimum Gasteiger partial charge on any atom is -0.481 e. The zero-order valence-corrected chi connectivity index (χ0v) is 18.3. The minimum absolute atomic E-state index is 0.0496. The van der Waals surface area contributed by atoms with Crippen molar-refractivity contribution >= 4 is 23.4 Å². The minimum atomic E-state index is -0.336. The van der Waals surface area contributed by atoms with Gasteiger partial charge in [0.25, 0.3) is 0 Å². The zero-order chi connectivity index (χ0) is 21.4. The number of pyridine rings is 1. The Kier molecular flexibility index (Phi) is 5.59. The molecule has 3 N–H and O–H groups in total. The number of hydrogen-bond donors (Lipinski definition) is 3. The van der Waals surface area contributed by atoms with Crippen molar-refractivity contribution in [1.29, 1.82) is 10.8 Å². The highest BCUT2D eigenvalue weighted by atomic mass is 32.2. The molecule has 1 atom stereocenters. The van der Waals surface area contributed by atoms with Crippen LogP contribution in [-0.4, -0.2) is 57.4 Å². The number of nitrogens with zero attached hydrogens (tertiary/aromatic N) is 2. The van der Waals surface area contributed by atoms with E-state index in [1.807, 2.05) is 24.0 Å². The summed E-state index contributed by atoms with van der Waals surface area (Å²) in [5.74, 6) is 2.36. The van der Waals surface area contributed by atoms with Crippen molar-refractivity contribution in [3.8, 4) is 17.0 Å². The van der Waals surface area contributed by atoms with Crippen molar-refractivity contribution in [3.05, 3.63) is 48.2 Å². The molecule has 1 aliphatic heterocycles. The van der Waals surface area contributed by atoms with E-state index in [0.717, 1.165) is 35.3 Å². The van der Waals surface area contributed by atoms with Gasteiger partial charge in [0.15, 0.2) is 0 Å². The number of aliphatic hydroxyl groups excluding tert-OH is 1. The second-order valence-corrected chi connectivity index (χ2v) is 10.0. The smallest absolute Gasteiger partial charge is 0.212 e. The van der Waals surface area contributed by atoms with Crippen LogP contribution in [0.4, 0.5) is 0 Å². The maximum atomic E-state index is 9.72. The fraction of sp³-hybridized carbons (Fsp3) is 0.435. The highest BCUT2D eigenvalue weighted by Gasteiger charge is 2.51. The molecule has 1 saturated carbocycles. The molecule has 2 aliphatic rings. The number of amidine groups is 2. The van der Waals surface area contributed by atoms with E-state index in [9.17, 15) is 5.11 Å². The fourth-order valence-corrected chi connectivity index (χ4v) is 5.16. The predicted molar refractivity (Wildman–Crippen MR) is 122 cm³/mol. The molecule has 1 aliphatic carbocycles. The molecule has 1 saturated heterocycles. The number of hydrogen-bond acceptors (Lipinski definition) is 6. The molecule has 0 bridgehead atoms. The Bertz CT molecular complexity index is 941. The van der Waals surface area contributed by atoms with Gasteiger partial charge in [0.2, 0.25) is 5.88 Å². The van der Waals surface area contributed by atoms with Gasteiger partial charge in [-0.25, -0.2) is 4.98 Å². The Balaban J connectivity index is 1.53. The molecule has 2 aromatic rings. The Hall–Kier alpha value is -2.38. The second kappa shape index (κ2) is 8.04. The monoisotopic (exact) mass is 424 g/mol. The lowest BCUT2D eigenvalue weighted by atomic mass is 9.91. The summed E-state index contributed by atoms with van der Waals surface area (Å²) in [6.07, 6.45) is 4.15. The number of methoxy groups -OCH3 is 1. The van der Waals surface area contributed by atoms with Gasteiger partial charge in [0.1, 0.15) is 11.7 Å². The highest BCUT2D eigenvalue weighted by Crippen LogP contribution is 2.50. The Labute approximate surface area is 181 Å². The number of thioether (sulfide) groups is 1. The third-order valence-electron chi connectivity index (χ3n) is 6.16. The molecule has 1 unspecified atom stereocenters. The third-order valence-corrected chi connectivity index (χ3v) is 7.51. The quantitative estimate of drug-likeness (QED) is 0.499. The molecule has 2 heterocycles. The van der Waals surface area contributed by atoms with Crippen molar-refractivity contribution in [2.45, 2.75) is 36.3 Å². The van der Waals surface area contributed by atoms with Crippen LogP contribution < -0.4 is 4.74 Å². The average Bonchev–Trinajstić information content (AvgIpc) is 3.59. The summed E-state index contributed by atoms with van der Waals surface area (Å²) in [4.78, 5) is 6.14. The molecule has 4 rings (SSSR count). The molecule has 30 heavy (non-hydrogen) atoms. The van der Waals surface area contributed by atoms with Crippen LogP contribution in [0.1, 0.15) is 31.7 Å². The van der Waals surface area contributed by atoms with Gasteiger partial charge in [-0.3, -0.25) is 10.8 Å². The third kappa shape index (κ3) is 3.84. The van der Waals surface area contributed by atoms with Gasteiger partial charge >= 0.3 is 0 Å². The van der Waals surface area contributed by atoms with Gasteiger partial charge in [0.05, 0.1) is 19.1 Å². The summed E-state index contributed by atoms with van der Waals surface area (Å²) in [7, 11) is 1.60. The van der Waals surface area contributed by atoms with Crippen LogP contribution in [0.25, 0.3) is 11.1 Å². The molecule has 1 aromatic heterocycles. The SMILES string of the molecule is COc1ccc(-c2ccc(C3(C(=N)N4CCSC(C)(CO)CC4=N)CC3)cc2)cn1. The maximum absolute atomic E-state index is 9.72. The van der Waals surface area contributed by atoms with Crippen LogP contribution in [0.2, 0.25) is 0 Å². The number of benzene rings is 1.